The topological polar surface area (TPSA) is 102 Å². The van der Waals surface area contributed by atoms with Crippen molar-refractivity contribution in [3.63, 3.8) is 0 Å². The molecule has 0 saturated carbocycles. The van der Waals surface area contributed by atoms with Gasteiger partial charge in [-0.1, -0.05) is 30.3 Å². The van der Waals surface area contributed by atoms with Gasteiger partial charge in [-0.25, -0.2) is 23.3 Å². The lowest BCUT2D eigenvalue weighted by atomic mass is 10.2. The largest absolute Gasteiger partial charge is 0.444 e. The van der Waals surface area contributed by atoms with Gasteiger partial charge in [0.1, 0.15) is 24.9 Å². The fraction of sp³-hybridized carbons (Fsp3) is 0.529. The van der Waals surface area contributed by atoms with E-state index in [-0.39, 0.29) is 11.5 Å². The minimum atomic E-state index is -3.82. The molecule has 1 aromatic carbocycles. The van der Waals surface area contributed by atoms with Crippen molar-refractivity contribution in [3.8, 4) is 0 Å². The Labute approximate surface area is 150 Å². The van der Waals surface area contributed by atoms with E-state index in [1.807, 2.05) is 0 Å². The molecule has 1 unspecified atom stereocenters. The van der Waals surface area contributed by atoms with Crippen molar-refractivity contribution in [2.45, 2.75) is 45.0 Å². The summed E-state index contributed by atoms with van der Waals surface area (Å²) in [6, 6.07) is 8.50. The fourth-order valence-corrected chi connectivity index (χ4v) is 1.81. The summed E-state index contributed by atoms with van der Waals surface area (Å²) in [4.78, 5) is 24.5. The van der Waals surface area contributed by atoms with Crippen LogP contribution < -0.4 is 5.73 Å². The molecular formula is C17H24F2N2O5. The molecule has 1 aromatic rings. The lowest BCUT2D eigenvalue weighted by Crippen LogP contribution is -2.52. The van der Waals surface area contributed by atoms with Gasteiger partial charge in [0.2, 0.25) is 0 Å². The minimum Gasteiger partial charge on any atom is -0.444 e. The van der Waals surface area contributed by atoms with Crippen LogP contribution in [0.5, 0.6) is 0 Å². The third kappa shape index (κ3) is 6.93. The molecule has 2 amide bonds. The number of hydrogen-bond acceptors (Lipinski definition) is 6. The van der Waals surface area contributed by atoms with E-state index in [9.17, 15) is 23.5 Å². The zero-order chi connectivity index (χ0) is 20.0. The second-order valence-electron chi connectivity index (χ2n) is 6.62. The van der Waals surface area contributed by atoms with Crippen molar-refractivity contribution in [3.05, 3.63) is 35.9 Å². The first-order valence-electron chi connectivity index (χ1n) is 7.93. The zero-order valence-corrected chi connectivity index (χ0v) is 14.9. The Bertz CT molecular complexity index is 605. The first-order valence-corrected chi connectivity index (χ1v) is 7.93. The van der Waals surface area contributed by atoms with Crippen LogP contribution in [0, 0.1) is 0 Å². The number of benzene rings is 1. The summed E-state index contributed by atoms with van der Waals surface area (Å²) in [6.07, 6.45) is -4.85. The van der Waals surface area contributed by atoms with Crippen LogP contribution >= 0.6 is 0 Å². The molecule has 0 bridgehead atoms. The van der Waals surface area contributed by atoms with Gasteiger partial charge in [-0.3, -0.25) is 0 Å². The second kappa shape index (κ2) is 8.91. The number of alkyl halides is 2. The molecule has 0 heterocycles. The molecule has 0 aliphatic rings. The molecule has 26 heavy (non-hydrogen) atoms. The van der Waals surface area contributed by atoms with E-state index < -0.39 is 42.9 Å². The van der Waals surface area contributed by atoms with Crippen LogP contribution in [0.1, 0.15) is 26.3 Å². The normalized spacial score (nSPS) is 13.0. The van der Waals surface area contributed by atoms with Gasteiger partial charge >= 0.3 is 12.2 Å². The van der Waals surface area contributed by atoms with Gasteiger partial charge in [0.05, 0.1) is 0 Å². The number of carbonyl (C=O) groups is 2. The van der Waals surface area contributed by atoms with Gasteiger partial charge in [-0.15, -0.1) is 0 Å². The maximum atomic E-state index is 14.0. The van der Waals surface area contributed by atoms with Gasteiger partial charge in [0, 0.05) is 6.54 Å². The number of imide groups is 1. The highest BCUT2D eigenvalue weighted by atomic mass is 19.3. The number of halogens is 2. The Morgan fingerprint density at radius 2 is 1.77 bits per heavy atom. The monoisotopic (exact) mass is 374 g/mol. The molecule has 1 rings (SSSR count). The smallest absolute Gasteiger partial charge is 0.420 e. The van der Waals surface area contributed by atoms with E-state index in [1.54, 1.807) is 30.3 Å². The van der Waals surface area contributed by atoms with Crippen LogP contribution in [0.15, 0.2) is 30.3 Å². The molecule has 1 atom stereocenters. The Kier molecular flexibility index (Phi) is 7.46. The third-order valence-corrected chi connectivity index (χ3v) is 3.12. The first kappa shape index (κ1) is 21.8. The highest BCUT2D eigenvalue weighted by Gasteiger charge is 2.44. The number of ether oxygens (including phenoxy) is 2. The predicted octanol–water partition coefficient (Wildman–Crippen LogP) is 2.52. The Balaban J connectivity index is 2.91. The molecule has 9 heteroatoms. The maximum Gasteiger partial charge on any atom is 0.420 e. The molecule has 0 spiro atoms. The highest BCUT2D eigenvalue weighted by Crippen LogP contribution is 2.22. The lowest BCUT2D eigenvalue weighted by molar-refractivity contribution is -0.116. The zero-order valence-electron chi connectivity index (χ0n) is 14.9. The average molecular weight is 374 g/mol. The van der Waals surface area contributed by atoms with Crippen molar-refractivity contribution in [1.29, 1.82) is 0 Å². The average Bonchev–Trinajstić information content (AvgIpc) is 2.56. The molecule has 146 valence electrons. The van der Waals surface area contributed by atoms with Crippen LogP contribution in [0.4, 0.5) is 18.4 Å². The molecular weight excluding hydrogens is 350 g/mol. The summed E-state index contributed by atoms with van der Waals surface area (Å²) in [5.74, 6) is -3.82. The van der Waals surface area contributed by atoms with Crippen molar-refractivity contribution >= 4 is 12.2 Å². The number of aliphatic hydroxyl groups excluding tert-OH is 1. The highest BCUT2D eigenvalue weighted by molar-refractivity contribution is 5.88. The van der Waals surface area contributed by atoms with E-state index in [2.05, 4.69) is 0 Å². The quantitative estimate of drug-likeness (QED) is 0.793. The van der Waals surface area contributed by atoms with E-state index in [0.717, 1.165) is 0 Å². The minimum absolute atomic E-state index is 0.118. The number of nitrogens with zero attached hydrogens (tertiary/aromatic N) is 1. The Morgan fingerprint density at radius 3 is 2.27 bits per heavy atom. The summed E-state index contributed by atoms with van der Waals surface area (Å²) in [5.41, 5.74) is 4.63. The number of amides is 2. The van der Waals surface area contributed by atoms with E-state index in [1.165, 1.54) is 20.8 Å². The van der Waals surface area contributed by atoms with Crippen molar-refractivity contribution < 1.29 is 33.0 Å². The number of aliphatic hydroxyl groups is 1. The SMILES string of the molecule is CC(C)(C)OC(=O)N(CC(F)(F)C(O)CN)C(=O)OCc1ccccc1. The number of nitrogens with two attached hydrogens (primary N) is 1. The third-order valence-electron chi connectivity index (χ3n) is 3.12. The molecule has 0 aliphatic heterocycles. The molecule has 0 aliphatic carbocycles. The van der Waals surface area contributed by atoms with Crippen LogP contribution in [-0.4, -0.2) is 52.9 Å². The first-order chi connectivity index (χ1) is 12.0. The van der Waals surface area contributed by atoms with Crippen molar-refractivity contribution in [2.75, 3.05) is 13.1 Å². The standard InChI is InChI=1S/C17H24F2N2O5/c1-16(2,3)26-15(24)21(11-17(18,19)13(22)9-20)14(23)25-10-12-7-5-4-6-8-12/h4-8,13,22H,9-11,20H2,1-3H3. The number of hydrogen-bond donors (Lipinski definition) is 2. The second-order valence-corrected chi connectivity index (χ2v) is 6.62. The predicted molar refractivity (Wildman–Crippen MR) is 89.6 cm³/mol. The van der Waals surface area contributed by atoms with Gasteiger partial charge in [-0.2, -0.15) is 0 Å². The molecule has 3 N–H and O–H groups in total. The molecule has 0 radical (unpaired) electrons. The van der Waals surface area contributed by atoms with Gasteiger partial charge in [-0.05, 0) is 26.3 Å². The van der Waals surface area contributed by atoms with Crippen molar-refractivity contribution in [1.82, 2.24) is 4.90 Å². The van der Waals surface area contributed by atoms with Gasteiger partial charge < -0.3 is 20.3 Å². The fourth-order valence-electron chi connectivity index (χ4n) is 1.81. The molecule has 7 nitrogen and oxygen atoms in total. The lowest BCUT2D eigenvalue weighted by Gasteiger charge is -2.29. The summed E-state index contributed by atoms with van der Waals surface area (Å²) >= 11 is 0. The molecule has 0 aromatic heterocycles. The van der Waals surface area contributed by atoms with Crippen molar-refractivity contribution in [2.24, 2.45) is 5.73 Å². The van der Waals surface area contributed by atoms with Crippen LogP contribution in [0.2, 0.25) is 0 Å². The summed E-state index contributed by atoms with van der Waals surface area (Å²) < 4.78 is 37.9. The van der Waals surface area contributed by atoms with Crippen LogP contribution in [0.3, 0.4) is 0 Å². The van der Waals surface area contributed by atoms with E-state index in [0.29, 0.717) is 5.56 Å². The van der Waals surface area contributed by atoms with E-state index >= 15 is 0 Å². The van der Waals surface area contributed by atoms with Gasteiger partial charge in [0.15, 0.2) is 0 Å². The summed E-state index contributed by atoms with van der Waals surface area (Å²) in [7, 11) is 0. The van der Waals surface area contributed by atoms with Crippen LogP contribution in [-0.2, 0) is 16.1 Å². The summed E-state index contributed by atoms with van der Waals surface area (Å²) in [6.45, 7) is 2.17. The Morgan fingerprint density at radius 1 is 1.19 bits per heavy atom. The van der Waals surface area contributed by atoms with E-state index in [4.69, 9.17) is 15.2 Å². The number of carbonyl (C=O) groups excluding carboxylic acids is 2. The summed E-state index contributed by atoms with van der Waals surface area (Å²) in [5, 5.41) is 9.33. The molecule has 0 fully saturated rings. The number of rotatable bonds is 6. The maximum absolute atomic E-state index is 14.0. The van der Waals surface area contributed by atoms with Gasteiger partial charge in [0.25, 0.3) is 5.92 Å². The Hall–Kier alpha value is -2.26. The van der Waals surface area contributed by atoms with Crippen LogP contribution in [0.25, 0.3) is 0 Å². The molecule has 0 saturated heterocycles.